The molecule has 0 aromatic heterocycles. The van der Waals surface area contributed by atoms with Gasteiger partial charge in [0.15, 0.2) is 8.07 Å². The van der Waals surface area contributed by atoms with Gasteiger partial charge < -0.3 is 0 Å². The van der Waals surface area contributed by atoms with Crippen molar-refractivity contribution in [3.05, 3.63) is 132 Å². The monoisotopic (exact) mass is 452 g/mol. The highest BCUT2D eigenvalue weighted by Crippen LogP contribution is 2.32. The summed E-state index contributed by atoms with van der Waals surface area (Å²) in [4.78, 5) is 0. The summed E-state index contributed by atoms with van der Waals surface area (Å²) < 4.78 is 0. The van der Waals surface area contributed by atoms with E-state index in [1.807, 2.05) is 0 Å². The molecule has 2 heteroatoms. The fourth-order valence-corrected chi connectivity index (χ4v) is 10.8. The number of hydrogen-bond donors (Lipinski definition) is 0. The Labute approximate surface area is 198 Å². The molecule has 0 saturated carbocycles. The van der Waals surface area contributed by atoms with Crippen LogP contribution in [0.15, 0.2) is 127 Å². The summed E-state index contributed by atoms with van der Waals surface area (Å²) in [7, 11) is -2.61. The van der Waals surface area contributed by atoms with Crippen molar-refractivity contribution in [3.8, 4) is 0 Å². The topological polar surface area (TPSA) is 0 Å². The smallest absolute Gasteiger partial charge is 0.122 e. The van der Waals surface area contributed by atoms with Crippen LogP contribution in [0.25, 0.3) is 5.57 Å². The maximum atomic E-state index is 6.97. The number of benzene rings is 4. The van der Waals surface area contributed by atoms with Gasteiger partial charge in [0.05, 0.1) is 0 Å². The Morgan fingerprint density at radius 1 is 0.594 bits per heavy atom. The second kappa shape index (κ2) is 10.2. The van der Waals surface area contributed by atoms with Crippen LogP contribution in [0.1, 0.15) is 19.4 Å². The molecule has 0 atom stereocenters. The van der Waals surface area contributed by atoms with Crippen LogP contribution >= 0.6 is 11.6 Å². The lowest BCUT2D eigenvalue weighted by Gasteiger charge is -2.38. The van der Waals surface area contributed by atoms with Gasteiger partial charge in [-0.25, -0.2) is 0 Å². The quantitative estimate of drug-likeness (QED) is 0.182. The highest BCUT2D eigenvalue weighted by atomic mass is 35.5. The molecule has 4 aromatic rings. The summed E-state index contributed by atoms with van der Waals surface area (Å²) in [6.07, 6.45) is 0. The lowest BCUT2D eigenvalue weighted by molar-refractivity contribution is 0.852. The Morgan fingerprint density at radius 3 is 1.25 bits per heavy atom. The molecule has 0 aliphatic carbocycles. The summed E-state index contributed by atoms with van der Waals surface area (Å²) in [5.74, 6) is 0.835. The Bertz CT molecular complexity index is 1050. The van der Waals surface area contributed by atoms with Crippen molar-refractivity contribution in [1.82, 2.24) is 0 Å². The second-order valence-electron chi connectivity index (χ2n) is 8.39. The second-order valence-corrected chi connectivity index (χ2v) is 12.5. The van der Waals surface area contributed by atoms with Crippen molar-refractivity contribution in [3.63, 3.8) is 0 Å². The molecule has 0 unspecified atom stereocenters. The van der Waals surface area contributed by atoms with Gasteiger partial charge in [-0.2, -0.15) is 0 Å². The molecule has 160 valence electrons. The number of rotatable bonds is 7. The molecule has 0 nitrogen and oxygen atoms in total. The van der Waals surface area contributed by atoms with Gasteiger partial charge in [0.2, 0.25) is 0 Å². The van der Waals surface area contributed by atoms with Crippen LogP contribution in [0.3, 0.4) is 0 Å². The minimum atomic E-state index is -2.61. The van der Waals surface area contributed by atoms with Crippen LogP contribution in [0.5, 0.6) is 0 Å². The highest BCUT2D eigenvalue weighted by Gasteiger charge is 2.44. The van der Waals surface area contributed by atoms with Gasteiger partial charge in [0.25, 0.3) is 0 Å². The molecular weight excluding hydrogens is 424 g/mol. The first-order chi connectivity index (χ1) is 15.7. The highest BCUT2D eigenvalue weighted by molar-refractivity contribution is 7.17. The zero-order chi connectivity index (χ0) is 22.4. The Balaban J connectivity index is 2.21. The molecule has 0 N–H and O–H groups in total. The zero-order valence-corrected chi connectivity index (χ0v) is 20.5. The predicted molar refractivity (Wildman–Crippen MR) is 143 cm³/mol. The molecule has 0 saturated heterocycles. The van der Waals surface area contributed by atoms with E-state index in [-0.39, 0.29) is 0 Å². The van der Waals surface area contributed by atoms with Crippen LogP contribution < -0.4 is 15.6 Å². The molecule has 4 aromatic carbocycles. The first-order valence-electron chi connectivity index (χ1n) is 11.2. The van der Waals surface area contributed by atoms with Gasteiger partial charge in [0.1, 0.15) is 0 Å². The largest absolute Gasteiger partial charge is 0.177 e. The van der Waals surface area contributed by atoms with E-state index >= 15 is 0 Å². The van der Waals surface area contributed by atoms with Crippen molar-refractivity contribution in [2.75, 3.05) is 5.88 Å². The SMILES string of the molecule is CC(C)/C(=C(/CCl)[Si](c1ccccc1)(c1ccccc1)c1ccccc1)c1ccccc1. The molecular formula is C30H29ClSi. The van der Waals surface area contributed by atoms with Crippen molar-refractivity contribution in [2.45, 2.75) is 13.8 Å². The van der Waals surface area contributed by atoms with Crippen molar-refractivity contribution in [2.24, 2.45) is 5.92 Å². The molecule has 0 bridgehead atoms. The molecule has 0 aliphatic heterocycles. The van der Waals surface area contributed by atoms with Gasteiger partial charge in [-0.1, -0.05) is 135 Å². The fraction of sp³-hybridized carbons (Fsp3) is 0.133. The number of alkyl halides is 1. The predicted octanol–water partition coefficient (Wildman–Crippen LogP) is 6.04. The summed E-state index contributed by atoms with van der Waals surface area (Å²) in [6.45, 7) is 4.57. The van der Waals surface area contributed by atoms with Gasteiger partial charge in [0, 0.05) is 5.88 Å². The first kappa shape index (κ1) is 22.3. The van der Waals surface area contributed by atoms with Gasteiger partial charge in [-0.3, -0.25) is 0 Å². The fourth-order valence-electron chi connectivity index (χ4n) is 4.94. The molecule has 0 amide bonds. The van der Waals surface area contributed by atoms with Crippen LogP contribution in [0.4, 0.5) is 0 Å². The van der Waals surface area contributed by atoms with E-state index in [9.17, 15) is 0 Å². The first-order valence-corrected chi connectivity index (χ1v) is 13.7. The maximum absolute atomic E-state index is 6.97. The third-order valence-corrected chi connectivity index (χ3v) is 11.6. The lowest BCUT2D eigenvalue weighted by Crippen LogP contribution is -2.69. The minimum Gasteiger partial charge on any atom is -0.122 e. The van der Waals surface area contributed by atoms with Gasteiger partial charge in [-0.15, -0.1) is 11.6 Å². The van der Waals surface area contributed by atoms with Crippen molar-refractivity contribution < 1.29 is 0 Å². The summed E-state index contributed by atoms with van der Waals surface area (Å²) in [5, 5.41) is 5.45. The van der Waals surface area contributed by atoms with Crippen LogP contribution in [-0.4, -0.2) is 14.0 Å². The Morgan fingerprint density at radius 2 is 0.938 bits per heavy atom. The van der Waals surface area contributed by atoms with E-state index in [0.717, 1.165) is 0 Å². The van der Waals surface area contributed by atoms with Crippen molar-refractivity contribution in [1.29, 1.82) is 0 Å². The van der Waals surface area contributed by atoms with Gasteiger partial charge >= 0.3 is 0 Å². The van der Waals surface area contributed by atoms with Crippen LogP contribution in [0.2, 0.25) is 0 Å². The van der Waals surface area contributed by atoms with Crippen LogP contribution in [-0.2, 0) is 0 Å². The van der Waals surface area contributed by atoms with E-state index in [1.54, 1.807) is 0 Å². The Hall–Kier alpha value is -2.87. The molecule has 0 radical (unpaired) electrons. The third-order valence-electron chi connectivity index (χ3n) is 6.19. The third kappa shape index (κ3) is 4.11. The molecule has 0 heterocycles. The van der Waals surface area contributed by atoms with Gasteiger partial charge in [-0.05, 0) is 37.8 Å². The summed E-state index contributed by atoms with van der Waals surface area (Å²) >= 11 is 6.97. The average molecular weight is 453 g/mol. The van der Waals surface area contributed by atoms with E-state index in [2.05, 4.69) is 135 Å². The normalized spacial score (nSPS) is 12.5. The molecule has 0 spiro atoms. The van der Waals surface area contributed by atoms with Crippen LogP contribution in [0, 0.1) is 5.92 Å². The number of halogens is 1. The number of hydrogen-bond acceptors (Lipinski definition) is 0. The zero-order valence-electron chi connectivity index (χ0n) is 18.7. The lowest BCUT2D eigenvalue weighted by atomic mass is 9.95. The number of allylic oxidation sites excluding steroid dienone is 2. The van der Waals surface area contributed by atoms with Crippen molar-refractivity contribution >= 4 is 40.8 Å². The summed E-state index contributed by atoms with van der Waals surface area (Å²) in [6, 6.07) is 43.8. The van der Waals surface area contributed by atoms with E-state index in [0.29, 0.717) is 11.8 Å². The van der Waals surface area contributed by atoms with E-state index in [1.165, 1.54) is 31.9 Å². The molecule has 4 rings (SSSR count). The Kier molecular flexibility index (Phi) is 7.09. The molecule has 0 aliphatic rings. The molecule has 0 fully saturated rings. The van der Waals surface area contributed by atoms with E-state index in [4.69, 9.17) is 11.6 Å². The average Bonchev–Trinajstić information content (AvgIpc) is 2.86. The summed E-state index contributed by atoms with van der Waals surface area (Å²) in [5.41, 5.74) is 2.63. The molecule has 32 heavy (non-hydrogen) atoms. The van der Waals surface area contributed by atoms with E-state index < -0.39 is 8.07 Å². The maximum Gasteiger partial charge on any atom is 0.177 e. The minimum absolute atomic E-state index is 0.342. The standard InChI is InChI=1S/C30H29ClSi/c1-24(2)30(25-15-7-3-8-16-25)29(23-31)32(26-17-9-4-10-18-26,27-19-11-5-12-20-27)28-21-13-6-14-22-28/h3-22,24H,23H2,1-2H3/b30-29+.